The van der Waals surface area contributed by atoms with Crippen LogP contribution in [0.15, 0.2) is 36.5 Å². The van der Waals surface area contributed by atoms with E-state index >= 15 is 0 Å². The molecule has 0 aromatic rings. The highest BCUT2D eigenvalue weighted by atomic mass is 16.7. The van der Waals surface area contributed by atoms with Gasteiger partial charge in [-0.15, -0.1) is 0 Å². The minimum atomic E-state index is -1.57. The van der Waals surface area contributed by atoms with E-state index in [1.165, 1.54) is 148 Å². The van der Waals surface area contributed by atoms with Gasteiger partial charge in [0.1, 0.15) is 24.4 Å². The summed E-state index contributed by atoms with van der Waals surface area (Å²) < 4.78 is 11.2. The van der Waals surface area contributed by atoms with Crippen LogP contribution in [0.3, 0.4) is 0 Å². The first-order chi connectivity index (χ1) is 28.8. The number of aliphatic hydroxyl groups is 5. The van der Waals surface area contributed by atoms with E-state index in [2.05, 4.69) is 43.5 Å². The highest BCUT2D eigenvalue weighted by Crippen LogP contribution is 2.23. The molecule has 7 unspecified atom stereocenters. The van der Waals surface area contributed by atoms with Crippen molar-refractivity contribution in [2.75, 3.05) is 13.2 Å². The SMILES string of the molecule is CCCCCC/C=C\CCCCCCCCCC(=O)NC(COC1OC(CO)C(O)C(O)C1O)C(O)/C=C/CC/C=C/CCCCCCCCCCCCCCCCC. The summed E-state index contributed by atoms with van der Waals surface area (Å²) in [5.41, 5.74) is 0. The Hall–Kier alpha value is -1.59. The van der Waals surface area contributed by atoms with Gasteiger partial charge in [0.25, 0.3) is 0 Å². The number of carbonyl (C=O) groups is 1. The van der Waals surface area contributed by atoms with Gasteiger partial charge in [0, 0.05) is 6.42 Å². The van der Waals surface area contributed by atoms with Gasteiger partial charge in [-0.3, -0.25) is 4.79 Å². The van der Waals surface area contributed by atoms with Crippen molar-refractivity contribution in [3.63, 3.8) is 0 Å². The van der Waals surface area contributed by atoms with E-state index in [9.17, 15) is 30.3 Å². The number of amides is 1. The number of ether oxygens (including phenoxy) is 2. The number of allylic oxidation sites excluding steroid dienone is 5. The molecule has 0 bridgehead atoms. The van der Waals surface area contributed by atoms with E-state index in [0.717, 1.165) is 51.4 Å². The summed E-state index contributed by atoms with van der Waals surface area (Å²) >= 11 is 0. The summed E-state index contributed by atoms with van der Waals surface area (Å²) in [6.45, 7) is 3.75. The number of rotatable bonds is 41. The van der Waals surface area contributed by atoms with Gasteiger partial charge in [-0.25, -0.2) is 0 Å². The molecule has 346 valence electrons. The molecule has 0 aromatic heterocycles. The molecule has 1 aliphatic rings. The van der Waals surface area contributed by atoms with Gasteiger partial charge in [0.05, 0.1) is 25.4 Å². The number of unbranched alkanes of at least 4 members (excludes halogenated alkanes) is 27. The molecule has 1 saturated heterocycles. The lowest BCUT2D eigenvalue weighted by Gasteiger charge is -2.40. The molecule has 0 aliphatic carbocycles. The van der Waals surface area contributed by atoms with Crippen LogP contribution in [0.1, 0.15) is 219 Å². The summed E-state index contributed by atoms with van der Waals surface area (Å²) in [4.78, 5) is 13.0. The highest BCUT2D eigenvalue weighted by molar-refractivity contribution is 5.76. The first-order valence-electron chi connectivity index (χ1n) is 24.7. The van der Waals surface area contributed by atoms with Crippen LogP contribution in [0.2, 0.25) is 0 Å². The smallest absolute Gasteiger partial charge is 0.220 e. The molecule has 1 fully saturated rings. The Morgan fingerprint density at radius 3 is 1.44 bits per heavy atom. The van der Waals surface area contributed by atoms with Crippen LogP contribution in [0.25, 0.3) is 0 Å². The Morgan fingerprint density at radius 1 is 0.559 bits per heavy atom. The Balaban J connectivity index is 2.34. The van der Waals surface area contributed by atoms with Crippen molar-refractivity contribution < 1.29 is 39.8 Å². The van der Waals surface area contributed by atoms with Crippen LogP contribution in [-0.4, -0.2) is 87.5 Å². The number of nitrogens with one attached hydrogen (secondary N) is 1. The van der Waals surface area contributed by atoms with E-state index in [0.29, 0.717) is 6.42 Å². The van der Waals surface area contributed by atoms with Gasteiger partial charge in [0.15, 0.2) is 6.29 Å². The maximum absolute atomic E-state index is 13.0. The Kier molecular flexibility index (Phi) is 38.0. The topological polar surface area (TPSA) is 149 Å². The van der Waals surface area contributed by atoms with E-state index in [-0.39, 0.29) is 12.5 Å². The lowest BCUT2D eigenvalue weighted by Crippen LogP contribution is -2.60. The van der Waals surface area contributed by atoms with Crippen molar-refractivity contribution in [3.05, 3.63) is 36.5 Å². The summed E-state index contributed by atoms with van der Waals surface area (Å²) in [5, 5.41) is 54.2. The van der Waals surface area contributed by atoms with Crippen LogP contribution >= 0.6 is 0 Å². The molecule has 9 heteroatoms. The van der Waals surface area contributed by atoms with Crippen LogP contribution in [0.4, 0.5) is 0 Å². The first-order valence-corrected chi connectivity index (χ1v) is 24.7. The molecular weight excluding hydrogens is 743 g/mol. The Morgan fingerprint density at radius 2 is 0.966 bits per heavy atom. The average Bonchev–Trinajstić information content (AvgIpc) is 3.23. The second-order valence-electron chi connectivity index (χ2n) is 17.2. The fraction of sp³-hybridized carbons (Fsp3) is 0.860. The molecular formula is C50H93NO8. The van der Waals surface area contributed by atoms with E-state index in [4.69, 9.17) is 9.47 Å². The summed E-state index contributed by atoms with van der Waals surface area (Å²) in [7, 11) is 0. The molecule has 0 radical (unpaired) electrons. The van der Waals surface area contributed by atoms with E-state index in [1.54, 1.807) is 6.08 Å². The molecule has 1 aliphatic heterocycles. The number of hydrogen-bond donors (Lipinski definition) is 6. The zero-order chi connectivity index (χ0) is 43.0. The monoisotopic (exact) mass is 836 g/mol. The van der Waals surface area contributed by atoms with E-state index in [1.807, 2.05) is 6.08 Å². The van der Waals surface area contributed by atoms with Crippen LogP contribution in [0, 0.1) is 0 Å². The van der Waals surface area contributed by atoms with Crippen LogP contribution in [0.5, 0.6) is 0 Å². The largest absolute Gasteiger partial charge is 0.394 e. The second kappa shape index (κ2) is 40.5. The number of hydrogen-bond acceptors (Lipinski definition) is 8. The Labute approximate surface area is 361 Å². The minimum absolute atomic E-state index is 0.192. The lowest BCUT2D eigenvalue weighted by atomic mass is 9.99. The average molecular weight is 836 g/mol. The summed E-state index contributed by atoms with van der Waals surface area (Å²) in [6.07, 6.45) is 43.3. The molecule has 1 amide bonds. The molecule has 7 atom stereocenters. The maximum Gasteiger partial charge on any atom is 0.220 e. The second-order valence-corrected chi connectivity index (χ2v) is 17.2. The quantitative estimate of drug-likeness (QED) is 0.0263. The number of carbonyl (C=O) groups excluding carboxylic acids is 1. The molecule has 0 aromatic carbocycles. The van der Waals surface area contributed by atoms with Gasteiger partial charge in [0.2, 0.25) is 5.91 Å². The van der Waals surface area contributed by atoms with Crippen molar-refractivity contribution in [1.29, 1.82) is 0 Å². The lowest BCUT2D eigenvalue weighted by molar-refractivity contribution is -0.302. The van der Waals surface area contributed by atoms with Gasteiger partial charge in [-0.2, -0.15) is 0 Å². The Bertz CT molecular complexity index is 1020. The maximum atomic E-state index is 13.0. The summed E-state index contributed by atoms with van der Waals surface area (Å²) in [6, 6.07) is -0.822. The van der Waals surface area contributed by atoms with Crippen molar-refractivity contribution in [2.24, 2.45) is 0 Å². The van der Waals surface area contributed by atoms with Gasteiger partial charge >= 0.3 is 0 Å². The zero-order valence-corrected chi connectivity index (χ0v) is 38.0. The molecule has 1 heterocycles. The van der Waals surface area contributed by atoms with Gasteiger partial charge in [-0.1, -0.05) is 192 Å². The molecule has 0 saturated carbocycles. The fourth-order valence-corrected chi connectivity index (χ4v) is 7.70. The standard InChI is InChI=1S/C50H93NO8/c1-3-5-7-9-11-13-15-17-19-20-21-22-23-24-26-27-29-31-33-35-37-39-44(53)43(42-58-50-49(57)48(56)47(55)45(41-52)59-50)51-46(54)40-38-36-34-32-30-28-25-18-16-14-12-10-8-6-4-2/h14,16,29,31,37,39,43-45,47-50,52-53,55-57H,3-13,15,17-28,30,32-36,38,40-42H2,1-2H3,(H,51,54)/b16-14-,31-29+,39-37+. The number of aliphatic hydroxyl groups excluding tert-OH is 5. The van der Waals surface area contributed by atoms with Gasteiger partial charge < -0.3 is 40.3 Å². The van der Waals surface area contributed by atoms with Crippen LogP contribution in [-0.2, 0) is 14.3 Å². The first kappa shape index (κ1) is 55.4. The highest BCUT2D eigenvalue weighted by Gasteiger charge is 2.44. The fourth-order valence-electron chi connectivity index (χ4n) is 7.70. The summed E-state index contributed by atoms with van der Waals surface area (Å²) in [5.74, 6) is -0.192. The van der Waals surface area contributed by atoms with Crippen molar-refractivity contribution in [2.45, 2.75) is 262 Å². The molecule has 59 heavy (non-hydrogen) atoms. The van der Waals surface area contributed by atoms with Crippen LogP contribution < -0.4 is 5.32 Å². The normalized spacial score (nSPS) is 21.0. The molecule has 1 rings (SSSR count). The molecule has 0 spiro atoms. The predicted molar refractivity (Wildman–Crippen MR) is 244 cm³/mol. The molecule has 6 N–H and O–H groups in total. The third-order valence-corrected chi connectivity index (χ3v) is 11.7. The van der Waals surface area contributed by atoms with Gasteiger partial charge in [-0.05, 0) is 57.8 Å². The third-order valence-electron chi connectivity index (χ3n) is 11.7. The van der Waals surface area contributed by atoms with Crippen molar-refractivity contribution in [3.8, 4) is 0 Å². The van der Waals surface area contributed by atoms with Crippen molar-refractivity contribution in [1.82, 2.24) is 5.32 Å². The third kappa shape index (κ3) is 31.0. The molecule has 9 nitrogen and oxygen atoms in total. The minimum Gasteiger partial charge on any atom is -0.394 e. The van der Waals surface area contributed by atoms with E-state index < -0.39 is 49.5 Å². The van der Waals surface area contributed by atoms with Crippen molar-refractivity contribution >= 4 is 5.91 Å². The zero-order valence-electron chi connectivity index (χ0n) is 38.0. The predicted octanol–water partition coefficient (Wildman–Crippen LogP) is 10.8.